The van der Waals surface area contributed by atoms with E-state index in [0.717, 1.165) is 10.5 Å². The van der Waals surface area contributed by atoms with Crippen LogP contribution in [0.2, 0.25) is 0 Å². The number of benzene rings is 2. The highest BCUT2D eigenvalue weighted by molar-refractivity contribution is 6.09. The van der Waals surface area contributed by atoms with Gasteiger partial charge in [0.05, 0.1) is 6.42 Å². The number of carbonyl (C=O) groups is 2. The molecule has 1 aliphatic rings. The number of nitrogens with zero attached hydrogens (tertiary/aromatic N) is 1. The molecule has 106 valence electrons. The average molecular weight is 281 g/mol. The second kappa shape index (κ2) is 5.14. The van der Waals surface area contributed by atoms with Gasteiger partial charge in [-0.15, -0.1) is 0 Å². The lowest BCUT2D eigenvalue weighted by atomic mass is 9.93. The van der Waals surface area contributed by atoms with E-state index in [4.69, 9.17) is 0 Å². The molecule has 2 aromatic rings. The summed E-state index contributed by atoms with van der Waals surface area (Å²) in [7, 11) is 1.48. The van der Waals surface area contributed by atoms with Gasteiger partial charge in [-0.3, -0.25) is 14.5 Å². The molecule has 0 radical (unpaired) electrons. The van der Waals surface area contributed by atoms with E-state index in [0.29, 0.717) is 16.7 Å². The van der Waals surface area contributed by atoms with Crippen molar-refractivity contribution in [2.75, 3.05) is 7.05 Å². The molecule has 4 heteroatoms. The van der Waals surface area contributed by atoms with Crippen molar-refractivity contribution < 1.29 is 14.7 Å². The van der Waals surface area contributed by atoms with E-state index < -0.39 is 6.10 Å². The van der Waals surface area contributed by atoms with Crippen molar-refractivity contribution in [2.45, 2.75) is 12.5 Å². The number of hydrogen-bond acceptors (Lipinski definition) is 3. The van der Waals surface area contributed by atoms with Crippen LogP contribution in [0.1, 0.15) is 33.2 Å². The molecule has 1 N–H and O–H groups in total. The maximum absolute atomic E-state index is 12.2. The highest BCUT2D eigenvalue weighted by Gasteiger charge is 2.28. The van der Waals surface area contributed by atoms with Crippen molar-refractivity contribution in [2.24, 2.45) is 0 Å². The van der Waals surface area contributed by atoms with Gasteiger partial charge in [-0.05, 0) is 22.8 Å². The minimum Gasteiger partial charge on any atom is -0.384 e. The Bertz CT molecular complexity index is 709. The molecule has 0 spiro atoms. The Hall–Kier alpha value is -2.46. The van der Waals surface area contributed by atoms with E-state index in [9.17, 15) is 14.7 Å². The predicted octanol–water partition coefficient (Wildman–Crippen LogP) is 1.92. The molecule has 1 aliphatic heterocycles. The second-order valence-corrected chi connectivity index (χ2v) is 5.16. The van der Waals surface area contributed by atoms with Crippen LogP contribution in [-0.2, 0) is 11.2 Å². The van der Waals surface area contributed by atoms with Crippen LogP contribution in [0.4, 0.5) is 0 Å². The molecule has 1 unspecified atom stereocenters. The minimum atomic E-state index is -0.785. The summed E-state index contributed by atoms with van der Waals surface area (Å²) in [6, 6.07) is 14.5. The number of imide groups is 1. The fourth-order valence-electron chi connectivity index (χ4n) is 2.52. The van der Waals surface area contributed by atoms with Gasteiger partial charge in [0.2, 0.25) is 5.91 Å². The Morgan fingerprint density at radius 3 is 2.48 bits per heavy atom. The second-order valence-electron chi connectivity index (χ2n) is 5.16. The molecule has 1 heterocycles. The van der Waals surface area contributed by atoms with E-state index >= 15 is 0 Å². The Morgan fingerprint density at radius 1 is 1.05 bits per heavy atom. The smallest absolute Gasteiger partial charge is 0.260 e. The average Bonchev–Trinajstić information content (AvgIpc) is 2.53. The van der Waals surface area contributed by atoms with Crippen LogP contribution in [0.15, 0.2) is 48.5 Å². The van der Waals surface area contributed by atoms with Gasteiger partial charge in [-0.25, -0.2) is 0 Å². The SMILES string of the molecule is CN1C(=O)Cc2ccc(C(O)c3ccccc3)cc2C1=O. The minimum absolute atomic E-state index is 0.205. The van der Waals surface area contributed by atoms with Crippen LogP contribution in [0, 0.1) is 0 Å². The fraction of sp³-hybridized carbons (Fsp3) is 0.176. The maximum atomic E-state index is 12.2. The zero-order valence-electron chi connectivity index (χ0n) is 11.6. The first-order valence-corrected chi connectivity index (χ1v) is 6.74. The van der Waals surface area contributed by atoms with Crippen molar-refractivity contribution >= 4 is 11.8 Å². The lowest BCUT2D eigenvalue weighted by molar-refractivity contribution is -0.127. The Kier molecular flexibility index (Phi) is 3.31. The standard InChI is InChI=1S/C17H15NO3/c1-18-15(19)10-12-7-8-13(9-14(12)17(18)21)16(20)11-5-3-2-4-6-11/h2-9,16,20H,10H2,1H3. The summed E-state index contributed by atoms with van der Waals surface area (Å²) in [6.07, 6.45) is -0.563. The Morgan fingerprint density at radius 2 is 1.76 bits per heavy atom. The molecule has 21 heavy (non-hydrogen) atoms. The molecule has 1 atom stereocenters. The van der Waals surface area contributed by atoms with E-state index in [1.807, 2.05) is 30.3 Å². The first kappa shape index (κ1) is 13.5. The molecule has 0 aromatic heterocycles. The molecule has 0 saturated heterocycles. The molecule has 0 saturated carbocycles. The van der Waals surface area contributed by atoms with Gasteiger partial charge in [0.25, 0.3) is 5.91 Å². The normalized spacial score (nSPS) is 15.8. The molecule has 3 rings (SSSR count). The number of amides is 2. The van der Waals surface area contributed by atoms with Crippen molar-refractivity contribution in [3.63, 3.8) is 0 Å². The number of hydrogen-bond donors (Lipinski definition) is 1. The number of fused-ring (bicyclic) bond motifs is 1. The van der Waals surface area contributed by atoms with Crippen LogP contribution in [-0.4, -0.2) is 28.9 Å². The third-order valence-corrected chi connectivity index (χ3v) is 3.82. The van der Waals surface area contributed by atoms with Crippen LogP contribution in [0.5, 0.6) is 0 Å². The summed E-state index contributed by atoms with van der Waals surface area (Å²) in [5, 5.41) is 10.4. The molecule has 0 bridgehead atoms. The highest BCUT2D eigenvalue weighted by atomic mass is 16.3. The van der Waals surface area contributed by atoms with E-state index in [1.54, 1.807) is 18.2 Å². The molecule has 4 nitrogen and oxygen atoms in total. The number of likely N-dealkylation sites (N-methyl/N-ethyl adjacent to an activating group) is 1. The van der Waals surface area contributed by atoms with E-state index in [-0.39, 0.29) is 18.2 Å². The van der Waals surface area contributed by atoms with Gasteiger partial charge in [0.1, 0.15) is 6.10 Å². The number of aliphatic hydroxyl groups excluding tert-OH is 1. The monoisotopic (exact) mass is 281 g/mol. The lowest BCUT2D eigenvalue weighted by Gasteiger charge is -2.24. The Balaban J connectivity index is 2.00. The van der Waals surface area contributed by atoms with Gasteiger partial charge >= 0.3 is 0 Å². The van der Waals surface area contributed by atoms with Crippen LogP contribution in [0.25, 0.3) is 0 Å². The predicted molar refractivity (Wildman–Crippen MR) is 77.8 cm³/mol. The number of carbonyl (C=O) groups excluding carboxylic acids is 2. The third-order valence-electron chi connectivity index (χ3n) is 3.82. The van der Waals surface area contributed by atoms with Crippen molar-refractivity contribution in [3.8, 4) is 0 Å². The van der Waals surface area contributed by atoms with E-state index in [1.165, 1.54) is 7.05 Å². The number of aliphatic hydroxyl groups is 1. The highest BCUT2D eigenvalue weighted by Crippen LogP contribution is 2.26. The zero-order valence-corrected chi connectivity index (χ0v) is 11.6. The third kappa shape index (κ3) is 2.34. The lowest BCUT2D eigenvalue weighted by Crippen LogP contribution is -2.39. The van der Waals surface area contributed by atoms with Crippen LogP contribution in [0.3, 0.4) is 0 Å². The van der Waals surface area contributed by atoms with Crippen molar-refractivity contribution in [3.05, 3.63) is 70.8 Å². The largest absolute Gasteiger partial charge is 0.384 e. The van der Waals surface area contributed by atoms with Gasteiger partial charge in [0.15, 0.2) is 0 Å². The molecule has 2 aromatic carbocycles. The van der Waals surface area contributed by atoms with Gasteiger partial charge in [0, 0.05) is 12.6 Å². The maximum Gasteiger partial charge on any atom is 0.260 e. The summed E-state index contributed by atoms with van der Waals surface area (Å²) >= 11 is 0. The first-order valence-electron chi connectivity index (χ1n) is 6.74. The molecule has 0 fully saturated rings. The fourth-order valence-corrected chi connectivity index (χ4v) is 2.52. The van der Waals surface area contributed by atoms with Gasteiger partial charge < -0.3 is 5.11 Å². The van der Waals surface area contributed by atoms with Gasteiger partial charge in [-0.1, -0.05) is 42.5 Å². The number of rotatable bonds is 2. The molecular weight excluding hydrogens is 266 g/mol. The zero-order chi connectivity index (χ0) is 15.0. The summed E-state index contributed by atoms with van der Waals surface area (Å²) in [4.78, 5) is 25.0. The molecule has 0 aliphatic carbocycles. The molecular formula is C17H15NO3. The summed E-state index contributed by atoms with van der Waals surface area (Å²) < 4.78 is 0. The van der Waals surface area contributed by atoms with Gasteiger partial charge in [-0.2, -0.15) is 0 Å². The quantitative estimate of drug-likeness (QED) is 0.856. The van der Waals surface area contributed by atoms with Crippen LogP contribution < -0.4 is 0 Å². The van der Waals surface area contributed by atoms with E-state index in [2.05, 4.69) is 0 Å². The van der Waals surface area contributed by atoms with Crippen molar-refractivity contribution in [1.29, 1.82) is 0 Å². The summed E-state index contributed by atoms with van der Waals surface area (Å²) in [5.74, 6) is -0.521. The summed E-state index contributed by atoms with van der Waals surface area (Å²) in [6.45, 7) is 0. The first-order chi connectivity index (χ1) is 10.1. The van der Waals surface area contributed by atoms with Crippen molar-refractivity contribution in [1.82, 2.24) is 4.90 Å². The van der Waals surface area contributed by atoms with Crippen LogP contribution >= 0.6 is 0 Å². The summed E-state index contributed by atoms with van der Waals surface area (Å²) in [5.41, 5.74) is 2.62. The Labute approximate surface area is 122 Å². The topological polar surface area (TPSA) is 57.6 Å². The molecule has 2 amide bonds.